The molecule has 0 atom stereocenters. The van der Waals surface area contributed by atoms with E-state index in [9.17, 15) is 4.79 Å². The first-order chi connectivity index (χ1) is 13.7. The molecule has 28 heavy (non-hydrogen) atoms. The third kappa shape index (κ3) is 3.95. The van der Waals surface area contributed by atoms with Crippen LogP contribution in [0.2, 0.25) is 0 Å². The van der Waals surface area contributed by atoms with Crippen molar-refractivity contribution in [2.24, 2.45) is 0 Å². The van der Waals surface area contributed by atoms with Gasteiger partial charge in [-0.1, -0.05) is 59.9 Å². The lowest BCUT2D eigenvalue weighted by Crippen LogP contribution is -2.14. The molecule has 0 radical (unpaired) electrons. The van der Waals surface area contributed by atoms with Crippen molar-refractivity contribution >= 4 is 33.3 Å². The fourth-order valence-electron chi connectivity index (χ4n) is 3.18. The number of fused-ring (bicyclic) bond motifs is 1. The summed E-state index contributed by atoms with van der Waals surface area (Å²) in [6.45, 7) is 0.969. The molecule has 0 aliphatic heterocycles. The number of amides is 1. The van der Waals surface area contributed by atoms with Crippen LogP contribution in [0.5, 0.6) is 0 Å². The van der Waals surface area contributed by atoms with E-state index < -0.39 is 0 Å². The summed E-state index contributed by atoms with van der Waals surface area (Å²) in [6.07, 6.45) is 0.345. The summed E-state index contributed by atoms with van der Waals surface area (Å²) in [5, 5.41) is 13.2. The second kappa shape index (κ2) is 8.33. The third-order valence-electron chi connectivity index (χ3n) is 4.42. The van der Waals surface area contributed by atoms with Gasteiger partial charge < -0.3 is 14.6 Å². The molecule has 4 rings (SSSR count). The number of nitrogens with zero attached hydrogens (tertiary/aromatic N) is 3. The Bertz CT molecular complexity index is 1090. The minimum Gasteiger partial charge on any atom is -0.377 e. The normalized spacial score (nSPS) is 11.0. The Labute approximate surface area is 166 Å². The van der Waals surface area contributed by atoms with E-state index in [0.29, 0.717) is 24.7 Å². The molecule has 0 aliphatic carbocycles. The van der Waals surface area contributed by atoms with Gasteiger partial charge in [0.2, 0.25) is 11.0 Å². The van der Waals surface area contributed by atoms with Crippen LogP contribution >= 0.6 is 11.3 Å². The van der Waals surface area contributed by atoms with Crippen LogP contribution in [-0.4, -0.2) is 27.8 Å². The second-order valence-corrected chi connectivity index (χ2v) is 7.40. The zero-order valence-electron chi connectivity index (χ0n) is 15.5. The van der Waals surface area contributed by atoms with Gasteiger partial charge in [-0.05, 0) is 17.7 Å². The fourth-order valence-corrected chi connectivity index (χ4v) is 3.91. The molecule has 0 saturated carbocycles. The standard InChI is InChI=1S/C21H20N4O2S/c1-27-14-20-23-24-21(28-20)22-19(26)11-12-25-17-10-6-5-9-16(17)13-18(25)15-7-3-2-4-8-15/h2-10,13H,11-12,14H2,1H3,(H,22,24,26). The molecule has 7 heteroatoms. The molecule has 0 unspecified atom stereocenters. The Hall–Kier alpha value is -3.03. The molecular formula is C21H20N4O2S. The first-order valence-electron chi connectivity index (χ1n) is 8.99. The smallest absolute Gasteiger partial charge is 0.227 e. The highest BCUT2D eigenvalue weighted by molar-refractivity contribution is 7.15. The number of hydrogen-bond donors (Lipinski definition) is 1. The Balaban J connectivity index is 1.53. The SMILES string of the molecule is COCc1nnc(NC(=O)CCn2c(-c3ccccc3)cc3ccccc32)s1. The molecule has 2 heterocycles. The molecule has 0 fully saturated rings. The lowest BCUT2D eigenvalue weighted by Gasteiger charge is -2.11. The number of hydrogen-bond acceptors (Lipinski definition) is 5. The molecular weight excluding hydrogens is 372 g/mol. The minimum absolute atomic E-state index is 0.0862. The average molecular weight is 392 g/mol. The number of rotatable bonds is 7. The van der Waals surface area contributed by atoms with Gasteiger partial charge in [-0.15, -0.1) is 10.2 Å². The molecule has 4 aromatic rings. The topological polar surface area (TPSA) is 69.0 Å². The Kier molecular flexibility index (Phi) is 5.45. The van der Waals surface area contributed by atoms with Gasteiger partial charge in [-0.2, -0.15) is 0 Å². The lowest BCUT2D eigenvalue weighted by atomic mass is 10.1. The van der Waals surface area contributed by atoms with Crippen molar-refractivity contribution in [3.63, 3.8) is 0 Å². The van der Waals surface area contributed by atoms with Gasteiger partial charge in [0, 0.05) is 36.7 Å². The number of benzene rings is 2. The molecule has 2 aromatic carbocycles. The largest absolute Gasteiger partial charge is 0.377 e. The number of aryl methyl sites for hydroxylation is 1. The van der Waals surface area contributed by atoms with Gasteiger partial charge in [0.15, 0.2) is 0 Å². The summed E-state index contributed by atoms with van der Waals surface area (Å²) in [4.78, 5) is 12.4. The van der Waals surface area contributed by atoms with Crippen molar-refractivity contribution in [2.45, 2.75) is 19.6 Å². The monoisotopic (exact) mass is 392 g/mol. The highest BCUT2D eigenvalue weighted by Gasteiger charge is 2.13. The zero-order valence-corrected chi connectivity index (χ0v) is 16.3. The summed E-state index contributed by atoms with van der Waals surface area (Å²) in [7, 11) is 1.60. The van der Waals surface area contributed by atoms with Crippen molar-refractivity contribution in [1.82, 2.24) is 14.8 Å². The molecule has 0 bridgehead atoms. The minimum atomic E-state index is -0.0862. The maximum absolute atomic E-state index is 12.4. The van der Waals surface area contributed by atoms with Crippen molar-refractivity contribution < 1.29 is 9.53 Å². The van der Waals surface area contributed by atoms with Crippen molar-refractivity contribution in [2.75, 3.05) is 12.4 Å². The number of methoxy groups -OCH3 is 1. The van der Waals surface area contributed by atoms with Crippen molar-refractivity contribution in [3.8, 4) is 11.3 Å². The molecule has 0 aliphatic rings. The second-order valence-electron chi connectivity index (χ2n) is 6.34. The lowest BCUT2D eigenvalue weighted by molar-refractivity contribution is -0.116. The van der Waals surface area contributed by atoms with E-state index in [1.54, 1.807) is 7.11 Å². The fraction of sp³-hybridized carbons (Fsp3) is 0.190. The predicted octanol–water partition coefficient (Wildman–Crippen LogP) is 4.34. The number of ether oxygens (including phenoxy) is 1. The van der Waals surface area contributed by atoms with E-state index in [4.69, 9.17) is 4.74 Å². The zero-order chi connectivity index (χ0) is 19.3. The Morgan fingerprint density at radius 3 is 2.71 bits per heavy atom. The summed E-state index contributed by atoms with van der Waals surface area (Å²) < 4.78 is 7.23. The molecule has 142 valence electrons. The van der Waals surface area contributed by atoms with Gasteiger partial charge in [0.05, 0.1) is 0 Å². The molecule has 6 nitrogen and oxygen atoms in total. The quantitative estimate of drug-likeness (QED) is 0.508. The number of aromatic nitrogens is 3. The van der Waals surface area contributed by atoms with Crippen LogP contribution in [0.4, 0.5) is 5.13 Å². The number of nitrogens with one attached hydrogen (secondary N) is 1. The van der Waals surface area contributed by atoms with Gasteiger partial charge in [0.1, 0.15) is 11.6 Å². The van der Waals surface area contributed by atoms with Crippen LogP contribution in [0.1, 0.15) is 11.4 Å². The van der Waals surface area contributed by atoms with Crippen LogP contribution in [0, 0.1) is 0 Å². The Morgan fingerprint density at radius 1 is 1.11 bits per heavy atom. The van der Waals surface area contributed by atoms with Gasteiger partial charge in [-0.25, -0.2) is 0 Å². The highest BCUT2D eigenvalue weighted by Crippen LogP contribution is 2.28. The van der Waals surface area contributed by atoms with Crippen LogP contribution < -0.4 is 5.32 Å². The van der Waals surface area contributed by atoms with Crippen molar-refractivity contribution in [1.29, 1.82) is 0 Å². The van der Waals surface area contributed by atoms with Crippen LogP contribution in [-0.2, 0) is 22.7 Å². The summed E-state index contributed by atoms with van der Waals surface area (Å²) in [5.74, 6) is -0.0862. The first kappa shape index (κ1) is 18.3. The Morgan fingerprint density at radius 2 is 1.89 bits per heavy atom. The molecule has 2 aromatic heterocycles. The summed E-state index contributed by atoms with van der Waals surface area (Å²) in [5.41, 5.74) is 3.35. The number of anilines is 1. The average Bonchev–Trinajstić information content (AvgIpc) is 3.31. The van der Waals surface area contributed by atoms with Crippen LogP contribution in [0.15, 0.2) is 60.7 Å². The van der Waals surface area contributed by atoms with Crippen molar-refractivity contribution in [3.05, 3.63) is 65.7 Å². The molecule has 1 N–H and O–H groups in total. The number of carbonyl (C=O) groups is 1. The maximum atomic E-state index is 12.4. The van der Waals surface area contributed by atoms with Gasteiger partial charge in [-0.3, -0.25) is 4.79 Å². The number of para-hydroxylation sites is 1. The van der Waals surface area contributed by atoms with E-state index in [2.05, 4.69) is 50.4 Å². The summed E-state index contributed by atoms with van der Waals surface area (Å²) in [6, 6.07) is 20.6. The first-order valence-corrected chi connectivity index (χ1v) is 9.81. The van der Waals surface area contributed by atoms with Crippen LogP contribution in [0.25, 0.3) is 22.2 Å². The van der Waals surface area contributed by atoms with Gasteiger partial charge >= 0.3 is 0 Å². The maximum Gasteiger partial charge on any atom is 0.227 e. The third-order valence-corrected chi connectivity index (χ3v) is 5.24. The van der Waals surface area contributed by atoms with Crippen LogP contribution in [0.3, 0.4) is 0 Å². The molecule has 0 spiro atoms. The molecule has 1 amide bonds. The van der Waals surface area contributed by atoms with E-state index in [1.165, 1.54) is 11.3 Å². The highest BCUT2D eigenvalue weighted by atomic mass is 32.1. The molecule has 0 saturated heterocycles. The number of carbonyl (C=O) groups excluding carboxylic acids is 1. The van der Waals surface area contributed by atoms with E-state index in [0.717, 1.165) is 27.2 Å². The summed E-state index contributed by atoms with van der Waals surface area (Å²) >= 11 is 1.33. The van der Waals surface area contributed by atoms with E-state index >= 15 is 0 Å². The predicted molar refractivity (Wildman–Crippen MR) is 111 cm³/mol. The van der Waals surface area contributed by atoms with Gasteiger partial charge in [0.25, 0.3) is 0 Å². The van der Waals surface area contributed by atoms with E-state index in [1.807, 2.05) is 30.3 Å². The van der Waals surface area contributed by atoms with E-state index in [-0.39, 0.29) is 5.91 Å².